The number of hydrogen-bond acceptors (Lipinski definition) is 2. The van der Waals surface area contributed by atoms with Gasteiger partial charge in [0, 0.05) is 19.4 Å². The van der Waals surface area contributed by atoms with Gasteiger partial charge < -0.3 is 4.74 Å². The molecule has 25 heavy (non-hydrogen) atoms. The lowest BCUT2D eigenvalue weighted by Crippen LogP contribution is -2.13. The van der Waals surface area contributed by atoms with Gasteiger partial charge in [0.05, 0.1) is 6.61 Å². The monoisotopic (exact) mass is 351 g/mol. The highest BCUT2D eigenvalue weighted by Crippen LogP contribution is 2.14. The molecule has 0 aromatic heterocycles. The van der Waals surface area contributed by atoms with Gasteiger partial charge in [0.25, 0.3) is 0 Å². The molecule has 0 fully saturated rings. The van der Waals surface area contributed by atoms with E-state index in [1.54, 1.807) is 0 Å². The molecule has 0 saturated heterocycles. The van der Waals surface area contributed by atoms with Crippen molar-refractivity contribution in [2.75, 3.05) is 13.2 Å². The minimum atomic E-state index is 0.887. The molecule has 0 spiro atoms. The van der Waals surface area contributed by atoms with E-state index < -0.39 is 0 Å². The molecule has 0 aliphatic carbocycles. The number of hydrogen-bond donors (Lipinski definition) is 0. The number of rotatable bonds is 18. The van der Waals surface area contributed by atoms with E-state index in [1.165, 1.54) is 109 Å². The lowest BCUT2D eigenvalue weighted by atomic mass is 10.0. The van der Waals surface area contributed by atoms with Crippen molar-refractivity contribution in [3.05, 3.63) is 0 Å². The fourth-order valence-electron chi connectivity index (χ4n) is 3.66. The van der Waals surface area contributed by atoms with Crippen LogP contribution in [0, 0.1) is 0 Å². The van der Waals surface area contributed by atoms with Gasteiger partial charge in [0.1, 0.15) is 0 Å². The van der Waals surface area contributed by atoms with Crippen LogP contribution >= 0.6 is 0 Å². The Morgan fingerprint density at radius 3 is 1.48 bits per heavy atom. The Morgan fingerprint density at radius 2 is 1.08 bits per heavy atom. The Kier molecular flexibility index (Phi) is 16.4. The van der Waals surface area contributed by atoms with Crippen LogP contribution in [0.4, 0.5) is 0 Å². The highest BCUT2D eigenvalue weighted by Gasteiger charge is 2.04. The van der Waals surface area contributed by atoms with E-state index in [9.17, 15) is 0 Å². The lowest BCUT2D eigenvalue weighted by molar-refractivity contribution is 0.272. The summed E-state index contributed by atoms with van der Waals surface area (Å²) >= 11 is 0. The second-order valence-corrected chi connectivity index (χ2v) is 7.88. The van der Waals surface area contributed by atoms with Crippen molar-refractivity contribution in [2.45, 2.75) is 129 Å². The summed E-state index contributed by atoms with van der Waals surface area (Å²) in [7, 11) is 0. The molecule has 148 valence electrons. The van der Waals surface area contributed by atoms with Crippen LogP contribution in [0.2, 0.25) is 0 Å². The van der Waals surface area contributed by atoms with Crippen LogP contribution in [0.15, 0.2) is 4.99 Å². The Balaban J connectivity index is 1.67. The third kappa shape index (κ3) is 15.4. The molecular formula is C23H45NO. The van der Waals surface area contributed by atoms with Crippen molar-refractivity contribution < 1.29 is 4.74 Å². The highest BCUT2D eigenvalue weighted by molar-refractivity contribution is 5.76. The molecule has 0 unspecified atom stereocenters. The van der Waals surface area contributed by atoms with E-state index in [4.69, 9.17) is 4.74 Å². The maximum Gasteiger partial charge on any atom is 0.183 e. The fraction of sp³-hybridized carbons (Fsp3) is 0.957. The van der Waals surface area contributed by atoms with Crippen molar-refractivity contribution in [2.24, 2.45) is 4.99 Å². The van der Waals surface area contributed by atoms with Gasteiger partial charge in [-0.2, -0.15) is 0 Å². The molecule has 0 aromatic carbocycles. The normalized spacial score (nSPS) is 14.4. The molecule has 0 atom stereocenters. The van der Waals surface area contributed by atoms with E-state index >= 15 is 0 Å². The van der Waals surface area contributed by atoms with Gasteiger partial charge in [-0.05, 0) is 6.42 Å². The molecule has 0 saturated carbocycles. The van der Waals surface area contributed by atoms with Gasteiger partial charge in [-0.15, -0.1) is 0 Å². The second kappa shape index (κ2) is 18.3. The molecule has 1 heterocycles. The maximum atomic E-state index is 5.56. The summed E-state index contributed by atoms with van der Waals surface area (Å²) in [6, 6.07) is 0. The minimum Gasteiger partial charge on any atom is -0.481 e. The first kappa shape index (κ1) is 22.5. The quantitative estimate of drug-likeness (QED) is 0.230. The first-order valence-corrected chi connectivity index (χ1v) is 11.6. The minimum absolute atomic E-state index is 0.887. The summed E-state index contributed by atoms with van der Waals surface area (Å²) in [5.74, 6) is 1.02. The molecule has 0 N–H and O–H groups in total. The molecule has 0 aromatic rings. The predicted molar refractivity (Wildman–Crippen MR) is 112 cm³/mol. The van der Waals surface area contributed by atoms with Gasteiger partial charge in [-0.25, -0.2) is 0 Å². The van der Waals surface area contributed by atoms with Crippen molar-refractivity contribution >= 4 is 5.90 Å². The van der Waals surface area contributed by atoms with E-state index in [0.29, 0.717) is 0 Å². The van der Waals surface area contributed by atoms with Crippen LogP contribution in [-0.4, -0.2) is 19.0 Å². The molecule has 0 bridgehead atoms. The summed E-state index contributed by atoms with van der Waals surface area (Å²) in [6.07, 6.45) is 26.5. The zero-order valence-corrected chi connectivity index (χ0v) is 17.2. The zero-order valence-electron chi connectivity index (χ0n) is 17.2. The molecule has 1 rings (SSSR count). The topological polar surface area (TPSA) is 21.6 Å². The molecule has 2 nitrogen and oxygen atoms in total. The Bertz CT molecular complexity index is 300. The van der Waals surface area contributed by atoms with Crippen molar-refractivity contribution in [1.82, 2.24) is 0 Å². The Labute approximate surface area is 158 Å². The number of nitrogens with zero attached hydrogens (tertiary/aromatic N) is 1. The fourth-order valence-corrected chi connectivity index (χ4v) is 3.66. The average Bonchev–Trinajstić information content (AvgIpc) is 2.65. The van der Waals surface area contributed by atoms with Gasteiger partial charge >= 0.3 is 0 Å². The molecule has 1 aliphatic heterocycles. The summed E-state index contributed by atoms with van der Waals surface area (Å²) in [5.41, 5.74) is 0. The van der Waals surface area contributed by atoms with Crippen LogP contribution in [0.3, 0.4) is 0 Å². The standard InChI is InChI=1S/C23H45NO/c1-2-3-4-5-6-7-8-9-10-11-12-13-14-15-16-17-18-20-23-24-21-19-22-25-23/h2-22H2,1H3. The first-order chi connectivity index (χ1) is 12.4. The summed E-state index contributed by atoms with van der Waals surface area (Å²) < 4.78 is 5.56. The van der Waals surface area contributed by atoms with Gasteiger partial charge in [-0.3, -0.25) is 4.99 Å². The van der Waals surface area contributed by atoms with E-state index in [-0.39, 0.29) is 0 Å². The molecule has 0 radical (unpaired) electrons. The van der Waals surface area contributed by atoms with E-state index in [1.807, 2.05) is 0 Å². The zero-order chi connectivity index (χ0) is 17.8. The third-order valence-electron chi connectivity index (χ3n) is 5.35. The number of aliphatic imine (C=N–C) groups is 1. The average molecular weight is 352 g/mol. The molecule has 2 heteroatoms. The molecular weight excluding hydrogens is 306 g/mol. The number of unbranched alkanes of at least 4 members (excludes halogenated alkanes) is 16. The van der Waals surface area contributed by atoms with Crippen LogP contribution in [-0.2, 0) is 4.74 Å². The van der Waals surface area contributed by atoms with Crippen molar-refractivity contribution in [3.63, 3.8) is 0 Å². The maximum absolute atomic E-state index is 5.56. The van der Waals surface area contributed by atoms with Crippen molar-refractivity contribution in [3.8, 4) is 0 Å². The Morgan fingerprint density at radius 1 is 0.640 bits per heavy atom. The third-order valence-corrected chi connectivity index (χ3v) is 5.35. The lowest BCUT2D eigenvalue weighted by Gasteiger charge is -2.13. The van der Waals surface area contributed by atoms with Crippen LogP contribution in [0.5, 0.6) is 0 Å². The molecule has 0 amide bonds. The smallest absolute Gasteiger partial charge is 0.183 e. The summed E-state index contributed by atoms with van der Waals surface area (Å²) in [5, 5.41) is 0. The van der Waals surface area contributed by atoms with Crippen LogP contribution in [0.1, 0.15) is 129 Å². The van der Waals surface area contributed by atoms with E-state index in [2.05, 4.69) is 11.9 Å². The van der Waals surface area contributed by atoms with Crippen molar-refractivity contribution in [1.29, 1.82) is 0 Å². The van der Waals surface area contributed by atoms with E-state index in [0.717, 1.165) is 31.9 Å². The SMILES string of the molecule is CCCCCCCCCCCCCCCCCCCC1=NCCCO1. The number of ether oxygens (including phenoxy) is 1. The first-order valence-electron chi connectivity index (χ1n) is 11.6. The summed E-state index contributed by atoms with van der Waals surface area (Å²) in [6.45, 7) is 4.16. The highest BCUT2D eigenvalue weighted by atomic mass is 16.5. The van der Waals surface area contributed by atoms with Gasteiger partial charge in [-0.1, -0.05) is 110 Å². The van der Waals surface area contributed by atoms with Gasteiger partial charge in [0.2, 0.25) is 0 Å². The van der Waals surface area contributed by atoms with Crippen LogP contribution < -0.4 is 0 Å². The predicted octanol–water partition coefficient (Wildman–Crippen LogP) is 7.85. The largest absolute Gasteiger partial charge is 0.481 e. The Hall–Kier alpha value is -0.530. The summed E-state index contributed by atoms with van der Waals surface area (Å²) in [4.78, 5) is 4.43. The molecule has 1 aliphatic rings. The van der Waals surface area contributed by atoms with Crippen LogP contribution in [0.25, 0.3) is 0 Å². The van der Waals surface area contributed by atoms with Gasteiger partial charge in [0.15, 0.2) is 5.90 Å². The second-order valence-electron chi connectivity index (χ2n) is 7.88.